The van der Waals surface area contributed by atoms with Crippen molar-refractivity contribution in [2.75, 3.05) is 31.1 Å². The number of pyridine rings is 1. The Morgan fingerprint density at radius 3 is 2.56 bits per heavy atom. The van der Waals surface area contributed by atoms with E-state index in [1.165, 1.54) is 31.7 Å². The molecule has 3 nitrogen and oxygen atoms in total. The first-order chi connectivity index (χ1) is 8.77. The zero-order valence-corrected chi connectivity index (χ0v) is 10.7. The van der Waals surface area contributed by atoms with Crippen molar-refractivity contribution in [1.29, 1.82) is 0 Å². The highest BCUT2D eigenvalue weighted by Crippen LogP contribution is 2.40. The second-order valence-electron chi connectivity index (χ2n) is 5.57. The van der Waals surface area contributed by atoms with E-state index in [1.807, 2.05) is 0 Å². The summed E-state index contributed by atoms with van der Waals surface area (Å²) in [7, 11) is 0. The van der Waals surface area contributed by atoms with E-state index < -0.39 is 0 Å². The van der Waals surface area contributed by atoms with E-state index >= 15 is 0 Å². The molecule has 1 N–H and O–H groups in total. The molecule has 1 aromatic rings. The summed E-state index contributed by atoms with van der Waals surface area (Å²) in [5.74, 6) is 0.598. The largest absolute Gasteiger partial charge is 0.356 e. The Balaban J connectivity index is 1.66. The van der Waals surface area contributed by atoms with Crippen LogP contribution < -0.4 is 10.2 Å². The number of hydrogen-bond acceptors (Lipinski definition) is 3. The smallest absolute Gasteiger partial charge is 0.131 e. The lowest BCUT2D eigenvalue weighted by Gasteiger charge is -2.44. The van der Waals surface area contributed by atoms with Crippen LogP contribution >= 0.6 is 0 Å². The molecule has 2 aliphatic heterocycles. The van der Waals surface area contributed by atoms with E-state index in [1.54, 1.807) is 12.3 Å². The van der Waals surface area contributed by atoms with Crippen LogP contribution in [0.5, 0.6) is 0 Å². The van der Waals surface area contributed by atoms with Gasteiger partial charge in [0.2, 0.25) is 0 Å². The molecule has 3 rings (SSSR count). The fourth-order valence-electron chi connectivity index (χ4n) is 3.23. The lowest BCUT2D eigenvalue weighted by molar-refractivity contribution is 0.154. The Hall–Kier alpha value is -1.16. The topological polar surface area (TPSA) is 28.2 Å². The SMILES string of the molecule is Fc1ccnc(N2CCC3(CCNCC3)CC2)c1. The maximum atomic E-state index is 13.2. The van der Waals surface area contributed by atoms with Crippen molar-refractivity contribution in [3.8, 4) is 0 Å². The highest BCUT2D eigenvalue weighted by molar-refractivity contribution is 5.38. The molecule has 2 fully saturated rings. The molecule has 0 unspecified atom stereocenters. The Labute approximate surface area is 107 Å². The average molecular weight is 249 g/mol. The van der Waals surface area contributed by atoms with E-state index in [4.69, 9.17) is 0 Å². The molecule has 2 saturated heterocycles. The molecule has 0 aromatic carbocycles. The van der Waals surface area contributed by atoms with E-state index in [9.17, 15) is 4.39 Å². The van der Waals surface area contributed by atoms with Crippen molar-refractivity contribution in [2.45, 2.75) is 25.7 Å². The second-order valence-corrected chi connectivity index (χ2v) is 5.57. The van der Waals surface area contributed by atoms with Gasteiger partial charge in [0.25, 0.3) is 0 Å². The van der Waals surface area contributed by atoms with Crippen molar-refractivity contribution in [2.24, 2.45) is 5.41 Å². The van der Waals surface area contributed by atoms with Gasteiger partial charge in [0.15, 0.2) is 0 Å². The van der Waals surface area contributed by atoms with Crippen LogP contribution in [0.4, 0.5) is 10.2 Å². The van der Waals surface area contributed by atoms with Crippen LogP contribution in [0.1, 0.15) is 25.7 Å². The summed E-state index contributed by atoms with van der Waals surface area (Å²) in [6, 6.07) is 2.95. The van der Waals surface area contributed by atoms with Gasteiger partial charge in [0.1, 0.15) is 11.6 Å². The maximum absolute atomic E-state index is 13.2. The van der Waals surface area contributed by atoms with Gasteiger partial charge in [-0.1, -0.05) is 0 Å². The standard InChI is InChI=1S/C14H20FN3/c15-12-1-6-17-13(11-12)18-9-4-14(5-10-18)2-7-16-8-3-14/h1,6,11,16H,2-5,7-10H2. The first-order valence-electron chi connectivity index (χ1n) is 6.85. The zero-order chi connectivity index (χ0) is 12.4. The molecular formula is C14H20FN3. The number of aromatic nitrogens is 1. The third-order valence-electron chi connectivity index (χ3n) is 4.52. The lowest BCUT2D eigenvalue weighted by Crippen LogP contribution is -2.45. The van der Waals surface area contributed by atoms with Gasteiger partial charge in [0.05, 0.1) is 0 Å². The van der Waals surface area contributed by atoms with Crippen LogP contribution in [-0.2, 0) is 0 Å². The van der Waals surface area contributed by atoms with Crippen molar-refractivity contribution >= 4 is 5.82 Å². The minimum absolute atomic E-state index is 0.192. The van der Waals surface area contributed by atoms with Crippen molar-refractivity contribution in [1.82, 2.24) is 10.3 Å². The summed E-state index contributed by atoms with van der Waals surface area (Å²) in [5, 5.41) is 3.43. The van der Waals surface area contributed by atoms with Gasteiger partial charge >= 0.3 is 0 Å². The summed E-state index contributed by atoms with van der Waals surface area (Å²) in [4.78, 5) is 6.49. The number of halogens is 1. The maximum Gasteiger partial charge on any atom is 0.131 e. The Bertz CT molecular complexity index is 405. The first-order valence-corrected chi connectivity index (χ1v) is 6.85. The van der Waals surface area contributed by atoms with Crippen molar-refractivity contribution in [3.05, 3.63) is 24.1 Å². The number of nitrogens with one attached hydrogen (secondary N) is 1. The molecule has 0 saturated carbocycles. The van der Waals surface area contributed by atoms with Gasteiger partial charge in [-0.15, -0.1) is 0 Å². The first kappa shape index (κ1) is 11.9. The number of rotatable bonds is 1. The molecule has 1 aromatic heterocycles. The van der Waals surface area contributed by atoms with E-state index in [0.29, 0.717) is 5.41 Å². The average Bonchev–Trinajstić information content (AvgIpc) is 2.40. The number of nitrogens with zero attached hydrogens (tertiary/aromatic N) is 2. The molecule has 1 spiro atoms. The van der Waals surface area contributed by atoms with Gasteiger partial charge in [-0.25, -0.2) is 9.37 Å². The molecule has 98 valence electrons. The highest BCUT2D eigenvalue weighted by Gasteiger charge is 2.35. The zero-order valence-electron chi connectivity index (χ0n) is 10.7. The van der Waals surface area contributed by atoms with Crippen LogP contribution in [0.15, 0.2) is 18.3 Å². The Kier molecular flexibility index (Phi) is 3.20. The summed E-state index contributed by atoms with van der Waals surface area (Å²) < 4.78 is 13.2. The number of hydrogen-bond donors (Lipinski definition) is 1. The van der Waals surface area contributed by atoms with Crippen LogP contribution in [0.2, 0.25) is 0 Å². The minimum Gasteiger partial charge on any atom is -0.356 e. The summed E-state index contributed by atoms with van der Waals surface area (Å²) >= 11 is 0. The van der Waals surface area contributed by atoms with Crippen LogP contribution in [0.3, 0.4) is 0 Å². The number of anilines is 1. The van der Waals surface area contributed by atoms with Crippen LogP contribution in [0.25, 0.3) is 0 Å². The van der Waals surface area contributed by atoms with Crippen LogP contribution in [0, 0.1) is 11.2 Å². The predicted molar refractivity (Wildman–Crippen MR) is 70.2 cm³/mol. The summed E-state index contributed by atoms with van der Waals surface area (Å²) in [6.45, 7) is 4.32. The van der Waals surface area contributed by atoms with Crippen molar-refractivity contribution < 1.29 is 4.39 Å². The van der Waals surface area contributed by atoms with Gasteiger partial charge in [-0.05, 0) is 50.3 Å². The Morgan fingerprint density at radius 1 is 1.17 bits per heavy atom. The number of piperidine rings is 2. The molecule has 18 heavy (non-hydrogen) atoms. The van der Waals surface area contributed by atoms with Gasteiger partial charge in [-0.3, -0.25) is 0 Å². The normalized spacial score (nSPS) is 23.3. The monoisotopic (exact) mass is 249 g/mol. The minimum atomic E-state index is -0.192. The molecule has 2 aliphatic rings. The lowest BCUT2D eigenvalue weighted by atomic mass is 9.71. The van der Waals surface area contributed by atoms with Gasteiger partial charge in [-0.2, -0.15) is 0 Å². The van der Waals surface area contributed by atoms with E-state index in [-0.39, 0.29) is 5.82 Å². The predicted octanol–water partition coefficient (Wildman–Crippen LogP) is 2.19. The fourth-order valence-corrected chi connectivity index (χ4v) is 3.23. The molecule has 0 atom stereocenters. The van der Waals surface area contributed by atoms with E-state index in [0.717, 1.165) is 32.0 Å². The van der Waals surface area contributed by atoms with Crippen LogP contribution in [-0.4, -0.2) is 31.2 Å². The summed E-state index contributed by atoms with van der Waals surface area (Å²) in [5.41, 5.74) is 0.537. The molecule has 0 bridgehead atoms. The molecule has 0 radical (unpaired) electrons. The molecule has 4 heteroatoms. The van der Waals surface area contributed by atoms with Crippen molar-refractivity contribution in [3.63, 3.8) is 0 Å². The quantitative estimate of drug-likeness (QED) is 0.827. The fraction of sp³-hybridized carbons (Fsp3) is 0.643. The van der Waals surface area contributed by atoms with E-state index in [2.05, 4.69) is 15.2 Å². The molecule has 0 aliphatic carbocycles. The highest BCUT2D eigenvalue weighted by atomic mass is 19.1. The Morgan fingerprint density at radius 2 is 1.89 bits per heavy atom. The third kappa shape index (κ3) is 2.34. The molecular weight excluding hydrogens is 229 g/mol. The molecule has 3 heterocycles. The summed E-state index contributed by atoms with van der Waals surface area (Å²) in [6.07, 6.45) is 6.56. The third-order valence-corrected chi connectivity index (χ3v) is 4.52. The molecule has 0 amide bonds. The van der Waals surface area contributed by atoms with Gasteiger partial charge < -0.3 is 10.2 Å². The van der Waals surface area contributed by atoms with Gasteiger partial charge in [0, 0.05) is 25.4 Å². The second kappa shape index (κ2) is 4.84.